The number of hydrogen-bond donors (Lipinski definition) is 0. The van der Waals surface area contributed by atoms with Gasteiger partial charge >= 0.3 is 6.18 Å². The highest BCUT2D eigenvalue weighted by atomic mass is 19.4. The average molecular weight is 200 g/mol. The Hall–Kier alpha value is -1.25. The molecule has 0 saturated heterocycles. The van der Waals surface area contributed by atoms with Crippen LogP contribution in [-0.4, -0.2) is 0 Å². The molecule has 0 aliphatic carbocycles. The van der Waals surface area contributed by atoms with Crippen molar-refractivity contribution in [1.29, 1.82) is 0 Å². The molecule has 0 amide bonds. The van der Waals surface area contributed by atoms with E-state index in [0.717, 1.165) is 12.1 Å². The Bertz CT molecular complexity index is 348. The third kappa shape index (κ3) is 2.62. The summed E-state index contributed by atoms with van der Waals surface area (Å²) in [4.78, 5) is 0. The van der Waals surface area contributed by atoms with Gasteiger partial charge in [-0.05, 0) is 37.1 Å². The van der Waals surface area contributed by atoms with Crippen molar-refractivity contribution in [2.75, 3.05) is 0 Å². The molecule has 1 aromatic rings. The predicted molar refractivity (Wildman–Crippen MR) is 50.9 cm³/mol. The van der Waals surface area contributed by atoms with Crippen LogP contribution in [0.5, 0.6) is 0 Å². The van der Waals surface area contributed by atoms with E-state index in [1.807, 2.05) is 0 Å². The van der Waals surface area contributed by atoms with Crippen molar-refractivity contribution in [3.8, 4) is 0 Å². The zero-order valence-electron chi connectivity index (χ0n) is 8.02. The Morgan fingerprint density at radius 2 is 1.79 bits per heavy atom. The lowest BCUT2D eigenvalue weighted by Crippen LogP contribution is -2.05. The third-order valence-electron chi connectivity index (χ3n) is 1.79. The summed E-state index contributed by atoms with van der Waals surface area (Å²) in [6.45, 7) is 3.43. The van der Waals surface area contributed by atoms with E-state index in [1.165, 1.54) is 0 Å². The van der Waals surface area contributed by atoms with Crippen LogP contribution in [-0.2, 0) is 6.18 Å². The van der Waals surface area contributed by atoms with E-state index in [1.54, 1.807) is 32.1 Å². The Morgan fingerprint density at radius 1 is 1.14 bits per heavy atom. The van der Waals surface area contributed by atoms with E-state index in [2.05, 4.69) is 0 Å². The molecule has 0 aromatic heterocycles. The predicted octanol–water partition coefficient (Wildman–Crippen LogP) is 4.05. The van der Waals surface area contributed by atoms with Crippen LogP contribution in [0, 0.1) is 6.92 Å². The standard InChI is InChI=1S/C11H11F3/c1-3-4-9-5-8(2)6-10(7-9)11(12,13)14/h3-7H,1-2H3/b4-3+. The first-order valence-corrected chi connectivity index (χ1v) is 4.25. The van der Waals surface area contributed by atoms with Crippen LogP contribution in [0.4, 0.5) is 13.2 Å². The fourth-order valence-electron chi connectivity index (χ4n) is 1.27. The van der Waals surface area contributed by atoms with Gasteiger partial charge in [-0.2, -0.15) is 13.2 Å². The zero-order chi connectivity index (χ0) is 10.8. The molecular weight excluding hydrogens is 189 g/mol. The summed E-state index contributed by atoms with van der Waals surface area (Å²) in [7, 11) is 0. The molecule has 0 saturated carbocycles. The maximum absolute atomic E-state index is 12.4. The molecule has 0 nitrogen and oxygen atoms in total. The molecule has 0 bridgehead atoms. The quantitative estimate of drug-likeness (QED) is 0.641. The Morgan fingerprint density at radius 3 is 2.29 bits per heavy atom. The van der Waals surface area contributed by atoms with Crippen molar-refractivity contribution in [3.05, 3.63) is 41.0 Å². The van der Waals surface area contributed by atoms with Gasteiger partial charge in [0.1, 0.15) is 0 Å². The van der Waals surface area contributed by atoms with E-state index < -0.39 is 11.7 Å². The van der Waals surface area contributed by atoms with Crippen molar-refractivity contribution in [2.45, 2.75) is 20.0 Å². The van der Waals surface area contributed by atoms with E-state index in [0.29, 0.717) is 11.1 Å². The van der Waals surface area contributed by atoms with Crippen molar-refractivity contribution in [3.63, 3.8) is 0 Å². The normalized spacial score (nSPS) is 12.4. The van der Waals surface area contributed by atoms with Gasteiger partial charge in [0.05, 0.1) is 5.56 Å². The van der Waals surface area contributed by atoms with Crippen LogP contribution >= 0.6 is 0 Å². The van der Waals surface area contributed by atoms with Crippen LogP contribution in [0.25, 0.3) is 6.08 Å². The Kier molecular flexibility index (Phi) is 2.99. The monoisotopic (exact) mass is 200 g/mol. The molecule has 0 radical (unpaired) electrons. The molecule has 0 aliphatic heterocycles. The number of rotatable bonds is 1. The molecule has 0 aliphatic rings. The highest BCUT2D eigenvalue weighted by Gasteiger charge is 2.30. The highest BCUT2D eigenvalue weighted by molar-refractivity contribution is 5.52. The number of hydrogen-bond acceptors (Lipinski definition) is 0. The van der Waals surface area contributed by atoms with E-state index >= 15 is 0 Å². The first-order chi connectivity index (χ1) is 6.43. The van der Waals surface area contributed by atoms with Gasteiger partial charge in [-0.3, -0.25) is 0 Å². The van der Waals surface area contributed by atoms with Gasteiger partial charge in [0.25, 0.3) is 0 Å². The summed E-state index contributed by atoms with van der Waals surface area (Å²) in [5, 5.41) is 0. The maximum atomic E-state index is 12.4. The second kappa shape index (κ2) is 3.86. The van der Waals surface area contributed by atoms with Gasteiger partial charge in [0.15, 0.2) is 0 Å². The molecule has 0 unspecified atom stereocenters. The first-order valence-electron chi connectivity index (χ1n) is 4.25. The zero-order valence-corrected chi connectivity index (χ0v) is 8.02. The molecular formula is C11H11F3. The fourth-order valence-corrected chi connectivity index (χ4v) is 1.27. The summed E-state index contributed by atoms with van der Waals surface area (Å²) in [5.74, 6) is 0. The number of alkyl halides is 3. The number of benzene rings is 1. The molecule has 0 atom stereocenters. The molecule has 1 rings (SSSR count). The van der Waals surface area contributed by atoms with Crippen LogP contribution in [0.3, 0.4) is 0 Å². The second-order valence-electron chi connectivity index (χ2n) is 3.13. The SMILES string of the molecule is C/C=C/c1cc(C)cc(C(F)(F)F)c1. The summed E-state index contributed by atoms with van der Waals surface area (Å²) in [5.41, 5.74) is 0.610. The lowest BCUT2D eigenvalue weighted by atomic mass is 10.1. The molecule has 0 N–H and O–H groups in total. The van der Waals surface area contributed by atoms with E-state index in [9.17, 15) is 13.2 Å². The average Bonchev–Trinajstić information content (AvgIpc) is 2.02. The molecule has 0 fully saturated rings. The van der Waals surface area contributed by atoms with Gasteiger partial charge in [-0.1, -0.05) is 18.2 Å². The van der Waals surface area contributed by atoms with Crippen molar-refractivity contribution >= 4 is 6.08 Å². The minimum Gasteiger partial charge on any atom is -0.166 e. The lowest BCUT2D eigenvalue weighted by Gasteiger charge is -2.08. The minimum absolute atomic E-state index is 0.583. The van der Waals surface area contributed by atoms with Gasteiger partial charge in [0, 0.05) is 0 Å². The fraction of sp³-hybridized carbons (Fsp3) is 0.273. The lowest BCUT2D eigenvalue weighted by molar-refractivity contribution is -0.137. The van der Waals surface area contributed by atoms with Crippen LogP contribution in [0.15, 0.2) is 24.3 Å². The smallest absolute Gasteiger partial charge is 0.166 e. The van der Waals surface area contributed by atoms with Gasteiger partial charge in [-0.25, -0.2) is 0 Å². The Labute approximate surface area is 81.1 Å². The molecule has 76 valence electrons. The molecule has 1 aromatic carbocycles. The van der Waals surface area contributed by atoms with Crippen molar-refractivity contribution in [2.24, 2.45) is 0 Å². The third-order valence-corrected chi connectivity index (χ3v) is 1.79. The van der Waals surface area contributed by atoms with Crippen LogP contribution in [0.2, 0.25) is 0 Å². The molecule has 0 spiro atoms. The van der Waals surface area contributed by atoms with Crippen LogP contribution < -0.4 is 0 Å². The van der Waals surface area contributed by atoms with E-state index in [-0.39, 0.29) is 0 Å². The largest absolute Gasteiger partial charge is 0.416 e. The molecule has 14 heavy (non-hydrogen) atoms. The molecule has 3 heteroatoms. The molecule has 0 heterocycles. The first kappa shape index (κ1) is 10.8. The van der Waals surface area contributed by atoms with Crippen LogP contribution in [0.1, 0.15) is 23.6 Å². The van der Waals surface area contributed by atoms with Crippen molar-refractivity contribution < 1.29 is 13.2 Å². The topological polar surface area (TPSA) is 0 Å². The summed E-state index contributed by atoms with van der Waals surface area (Å²) >= 11 is 0. The highest BCUT2D eigenvalue weighted by Crippen LogP contribution is 2.30. The van der Waals surface area contributed by atoms with Gasteiger partial charge in [-0.15, -0.1) is 0 Å². The Balaban J connectivity index is 3.20. The van der Waals surface area contributed by atoms with Crippen molar-refractivity contribution in [1.82, 2.24) is 0 Å². The summed E-state index contributed by atoms with van der Waals surface area (Å²) < 4.78 is 37.1. The van der Waals surface area contributed by atoms with E-state index in [4.69, 9.17) is 0 Å². The minimum atomic E-state index is -4.26. The summed E-state index contributed by atoms with van der Waals surface area (Å²) in [6.07, 6.45) is -0.889. The second-order valence-corrected chi connectivity index (χ2v) is 3.13. The number of allylic oxidation sites excluding steroid dienone is 1. The van der Waals surface area contributed by atoms with Gasteiger partial charge in [0.2, 0.25) is 0 Å². The maximum Gasteiger partial charge on any atom is 0.416 e. The number of aryl methyl sites for hydroxylation is 1. The van der Waals surface area contributed by atoms with Gasteiger partial charge < -0.3 is 0 Å². The number of halogens is 3. The summed E-state index contributed by atoms with van der Waals surface area (Å²) in [6, 6.07) is 4.01.